The minimum absolute atomic E-state index is 0.0152. The van der Waals surface area contributed by atoms with Crippen molar-refractivity contribution in [3.05, 3.63) is 217 Å². The third-order valence-electron chi connectivity index (χ3n) is 14.8. The number of fused-ring (bicyclic) bond motifs is 6. The van der Waals surface area contributed by atoms with Crippen molar-refractivity contribution in [2.24, 2.45) is 0 Å². The molecule has 0 N–H and O–H groups in total. The average molecular weight is 967 g/mol. The Hall–Kier alpha value is -8.35. The van der Waals surface area contributed by atoms with Gasteiger partial charge in [0, 0.05) is 45.9 Å². The van der Waals surface area contributed by atoms with Crippen molar-refractivity contribution in [2.75, 3.05) is 16.5 Å². The van der Waals surface area contributed by atoms with E-state index in [1.54, 1.807) is 0 Å². The first-order chi connectivity index (χ1) is 35.6. The van der Waals surface area contributed by atoms with Gasteiger partial charge in [-0.25, -0.2) is 4.98 Å². The van der Waals surface area contributed by atoms with Gasteiger partial charge in [0.1, 0.15) is 35.1 Å². The molecule has 0 aliphatic carbocycles. The third-order valence-corrected chi connectivity index (χ3v) is 14.8. The molecule has 0 spiro atoms. The van der Waals surface area contributed by atoms with E-state index in [4.69, 9.17) is 14.1 Å². The number of nitrogens with zero attached hydrogens (tertiary/aromatic N) is 4. The van der Waals surface area contributed by atoms with Crippen molar-refractivity contribution >= 4 is 55.7 Å². The molecule has 0 atom stereocenters. The zero-order valence-corrected chi connectivity index (χ0v) is 43.9. The lowest BCUT2D eigenvalue weighted by molar-refractivity contribution is 0.479. The van der Waals surface area contributed by atoms with Crippen LogP contribution in [0.5, 0.6) is 11.5 Å². The molecule has 11 aromatic rings. The van der Waals surface area contributed by atoms with Crippen LogP contribution in [0.4, 0.5) is 22.7 Å². The number of hydrogen-bond acceptors (Lipinski definition) is 5. The summed E-state index contributed by atoms with van der Waals surface area (Å²) in [7, 11) is 0. The van der Waals surface area contributed by atoms with Crippen LogP contribution in [-0.4, -0.2) is 16.2 Å². The van der Waals surface area contributed by atoms with Gasteiger partial charge in [-0.2, -0.15) is 0 Å². The summed E-state index contributed by atoms with van der Waals surface area (Å²) in [5.41, 5.74) is 18.7. The van der Waals surface area contributed by atoms with E-state index >= 15 is 0 Å². The predicted molar refractivity (Wildman–Crippen MR) is 309 cm³/mol. The first-order valence-corrected chi connectivity index (χ1v) is 25.9. The molecule has 0 unspecified atom stereocenters. The van der Waals surface area contributed by atoms with Crippen LogP contribution >= 0.6 is 0 Å². The number of aromatic nitrogens is 2. The smallest absolute Gasteiger partial charge is 0.161 e. The topological polar surface area (TPSA) is 46.7 Å². The predicted octanol–water partition coefficient (Wildman–Crippen LogP) is 18.9. The molecule has 0 saturated heterocycles. The summed E-state index contributed by atoms with van der Waals surface area (Å²) in [6, 6.07) is 70.1. The Morgan fingerprint density at radius 2 is 1.08 bits per heavy atom. The molecular weight excluding hydrogens is 905 g/mol. The molecule has 12 rings (SSSR count). The van der Waals surface area contributed by atoms with Gasteiger partial charge in [-0.05, 0) is 122 Å². The fraction of sp³-hybridized carbons (Fsp3) is 0.191. The fourth-order valence-electron chi connectivity index (χ4n) is 10.7. The van der Waals surface area contributed by atoms with E-state index in [0.29, 0.717) is 6.67 Å². The van der Waals surface area contributed by atoms with Gasteiger partial charge in [0.25, 0.3) is 0 Å². The number of rotatable bonds is 8. The van der Waals surface area contributed by atoms with Crippen LogP contribution in [-0.2, 0) is 16.2 Å². The lowest BCUT2D eigenvalue weighted by atomic mass is 9.85. The Morgan fingerprint density at radius 1 is 0.459 bits per heavy atom. The summed E-state index contributed by atoms with van der Waals surface area (Å²) in [6.45, 7) is 21.0. The molecule has 366 valence electrons. The van der Waals surface area contributed by atoms with E-state index in [0.717, 1.165) is 67.4 Å². The molecule has 74 heavy (non-hydrogen) atoms. The standard InChI is InChI=1S/C68H62N4O2/c1-66(2,3)48-25-18-24-47(37-48)55-28-19-27-54(46-23-17-22-45(36-46)44-20-11-10-12-21-44)63(55)71-43-70(58-29-14-15-30-59(58)71)51-38-50(68(7,8)9)39-53(41-51)73-52-32-33-56-60(42-52)72(62-40-49(34-35-69-62)67(4,5)6)64-57-26-13-16-31-61(57)74-65(56)64/h10-42H,43H2,1-9H3. The monoisotopic (exact) mass is 966 g/mol. The number of para-hydroxylation sites is 4. The molecule has 8 aromatic carbocycles. The van der Waals surface area contributed by atoms with Crippen LogP contribution in [0.1, 0.15) is 79.0 Å². The Morgan fingerprint density at radius 3 is 1.82 bits per heavy atom. The largest absolute Gasteiger partial charge is 0.457 e. The maximum absolute atomic E-state index is 7.09. The van der Waals surface area contributed by atoms with Gasteiger partial charge in [0.15, 0.2) is 5.58 Å². The molecular formula is C68H62N4O2. The molecule has 6 heteroatoms. The summed E-state index contributed by atoms with van der Waals surface area (Å²) in [5, 5.41) is 2.04. The Bertz CT molecular complexity index is 3930. The van der Waals surface area contributed by atoms with E-state index in [1.165, 1.54) is 55.8 Å². The highest BCUT2D eigenvalue weighted by atomic mass is 16.5. The first-order valence-electron chi connectivity index (χ1n) is 25.9. The molecule has 0 amide bonds. The highest BCUT2D eigenvalue weighted by Crippen LogP contribution is 2.52. The van der Waals surface area contributed by atoms with Crippen molar-refractivity contribution in [3.8, 4) is 50.7 Å². The first kappa shape index (κ1) is 46.7. The number of benzene rings is 8. The molecule has 0 bridgehead atoms. The van der Waals surface area contributed by atoms with Crippen LogP contribution in [0.3, 0.4) is 0 Å². The van der Waals surface area contributed by atoms with Gasteiger partial charge in [-0.3, -0.25) is 4.57 Å². The summed E-state index contributed by atoms with van der Waals surface area (Å²) in [5.74, 6) is 2.33. The van der Waals surface area contributed by atoms with Crippen molar-refractivity contribution in [1.82, 2.24) is 9.55 Å². The van der Waals surface area contributed by atoms with E-state index in [2.05, 4.69) is 259 Å². The SMILES string of the molecule is CC(C)(C)c1cccc(-c2cccc(-c3cccc(-c4ccccc4)c3)c2N2CN(c3cc(Oc4ccc5c6oc7ccccc7c6n(-c6cc(C(C)(C)C)ccn6)c5c4)cc(C(C)(C)C)c3)c3ccccc32)c1. The van der Waals surface area contributed by atoms with Gasteiger partial charge in [0.2, 0.25) is 0 Å². The van der Waals surface area contributed by atoms with Gasteiger partial charge >= 0.3 is 0 Å². The van der Waals surface area contributed by atoms with E-state index in [9.17, 15) is 0 Å². The minimum atomic E-state index is -0.178. The third kappa shape index (κ3) is 8.38. The zero-order valence-electron chi connectivity index (χ0n) is 43.9. The molecule has 1 aliphatic rings. The van der Waals surface area contributed by atoms with Crippen LogP contribution in [0.25, 0.3) is 72.2 Å². The van der Waals surface area contributed by atoms with Gasteiger partial charge in [-0.15, -0.1) is 0 Å². The van der Waals surface area contributed by atoms with Gasteiger partial charge in [0.05, 0.1) is 22.6 Å². The maximum Gasteiger partial charge on any atom is 0.161 e. The van der Waals surface area contributed by atoms with E-state index in [1.807, 2.05) is 18.3 Å². The van der Waals surface area contributed by atoms with E-state index in [-0.39, 0.29) is 16.2 Å². The fourth-order valence-corrected chi connectivity index (χ4v) is 10.7. The van der Waals surface area contributed by atoms with Crippen LogP contribution in [0.2, 0.25) is 0 Å². The number of anilines is 4. The number of furan rings is 1. The normalized spacial score (nSPS) is 13.1. The summed E-state index contributed by atoms with van der Waals surface area (Å²) >= 11 is 0. The second-order valence-corrected chi connectivity index (χ2v) is 23.0. The van der Waals surface area contributed by atoms with Crippen molar-refractivity contribution in [2.45, 2.75) is 78.6 Å². The van der Waals surface area contributed by atoms with Crippen molar-refractivity contribution in [1.29, 1.82) is 0 Å². The maximum atomic E-state index is 7.09. The van der Waals surface area contributed by atoms with E-state index < -0.39 is 0 Å². The van der Waals surface area contributed by atoms with Gasteiger partial charge in [-0.1, -0.05) is 178 Å². The highest BCUT2D eigenvalue weighted by molar-refractivity contribution is 6.16. The van der Waals surface area contributed by atoms with Crippen LogP contribution in [0, 0.1) is 0 Å². The molecule has 3 aromatic heterocycles. The number of ether oxygens (including phenoxy) is 1. The molecule has 0 saturated carbocycles. The molecule has 0 radical (unpaired) electrons. The van der Waals surface area contributed by atoms with Crippen molar-refractivity contribution < 1.29 is 9.15 Å². The lowest BCUT2D eigenvalue weighted by Crippen LogP contribution is -2.25. The second-order valence-electron chi connectivity index (χ2n) is 23.0. The Labute approximate surface area is 435 Å². The molecule has 4 heterocycles. The summed E-state index contributed by atoms with van der Waals surface area (Å²) in [6.07, 6.45) is 1.92. The quantitative estimate of drug-likeness (QED) is 0.152. The highest BCUT2D eigenvalue weighted by Gasteiger charge is 2.33. The van der Waals surface area contributed by atoms with Crippen LogP contribution < -0.4 is 14.5 Å². The Kier molecular flexibility index (Phi) is 11.2. The molecule has 6 nitrogen and oxygen atoms in total. The summed E-state index contributed by atoms with van der Waals surface area (Å²) < 4.78 is 16.0. The van der Waals surface area contributed by atoms with Gasteiger partial charge < -0.3 is 19.0 Å². The number of hydrogen-bond donors (Lipinski definition) is 0. The zero-order chi connectivity index (χ0) is 51.1. The lowest BCUT2D eigenvalue weighted by Gasteiger charge is -2.29. The average Bonchev–Trinajstić information content (AvgIpc) is 4.07. The molecule has 1 aliphatic heterocycles. The number of pyridine rings is 1. The minimum Gasteiger partial charge on any atom is -0.457 e. The van der Waals surface area contributed by atoms with Crippen LogP contribution in [0.15, 0.2) is 205 Å². The summed E-state index contributed by atoms with van der Waals surface area (Å²) in [4.78, 5) is 9.95. The second kappa shape index (κ2) is 17.7. The van der Waals surface area contributed by atoms with Crippen molar-refractivity contribution in [3.63, 3.8) is 0 Å². The Balaban J connectivity index is 0.988. The molecule has 0 fully saturated rings.